The smallest absolute Gasteiger partial charge is 0.133 e. The van der Waals surface area contributed by atoms with E-state index in [9.17, 15) is 4.39 Å². The first-order valence-electron chi connectivity index (χ1n) is 3.29. The lowest BCUT2D eigenvalue weighted by molar-refractivity contribution is 0.217. The van der Waals surface area contributed by atoms with Gasteiger partial charge in [0.2, 0.25) is 0 Å². The highest BCUT2D eigenvalue weighted by atomic mass is 19.1. The number of hydrogen-bond donors (Lipinski definition) is 0. The Morgan fingerprint density at radius 1 is 1.40 bits per heavy atom. The summed E-state index contributed by atoms with van der Waals surface area (Å²) < 4.78 is 17.9. The number of hydrogen-bond acceptors (Lipinski definition) is 1. The van der Waals surface area contributed by atoms with Gasteiger partial charge in [0.25, 0.3) is 0 Å². The van der Waals surface area contributed by atoms with E-state index in [1.54, 1.807) is 6.08 Å². The summed E-state index contributed by atoms with van der Waals surface area (Å²) in [4.78, 5) is 0. The zero-order valence-electron chi connectivity index (χ0n) is 5.43. The first-order chi connectivity index (χ1) is 4.88. The van der Waals surface area contributed by atoms with Gasteiger partial charge >= 0.3 is 0 Å². The van der Waals surface area contributed by atoms with Crippen LogP contribution in [0.3, 0.4) is 0 Å². The average molecular weight is 138 g/mol. The van der Waals surface area contributed by atoms with Crippen LogP contribution in [0.2, 0.25) is 0 Å². The highest BCUT2D eigenvalue weighted by Gasteiger charge is 2.18. The second-order valence-electron chi connectivity index (χ2n) is 2.30. The SMILES string of the molecule is FC1=CC=C2OCCC=C12. The molecule has 52 valence electrons. The molecule has 0 amide bonds. The minimum atomic E-state index is -0.172. The Kier molecular flexibility index (Phi) is 1.13. The summed E-state index contributed by atoms with van der Waals surface area (Å²) >= 11 is 0. The van der Waals surface area contributed by atoms with Crippen LogP contribution in [0.1, 0.15) is 6.42 Å². The minimum Gasteiger partial charge on any atom is -0.493 e. The summed E-state index contributed by atoms with van der Waals surface area (Å²) in [7, 11) is 0. The zero-order valence-corrected chi connectivity index (χ0v) is 5.43. The Morgan fingerprint density at radius 3 is 3.10 bits per heavy atom. The van der Waals surface area contributed by atoms with E-state index in [0.717, 1.165) is 6.42 Å². The molecule has 0 aromatic rings. The summed E-state index contributed by atoms with van der Waals surface area (Å²) in [5.41, 5.74) is 0.631. The van der Waals surface area contributed by atoms with Crippen molar-refractivity contribution in [2.24, 2.45) is 0 Å². The molecule has 0 saturated carbocycles. The maximum Gasteiger partial charge on any atom is 0.133 e. The van der Waals surface area contributed by atoms with Crippen molar-refractivity contribution in [1.29, 1.82) is 0 Å². The highest BCUT2D eigenvalue weighted by molar-refractivity contribution is 5.49. The standard InChI is InChI=1S/C8H7FO/c9-7-3-4-8-6(7)2-1-5-10-8/h2-4H,1,5H2. The highest BCUT2D eigenvalue weighted by Crippen LogP contribution is 2.30. The molecule has 0 spiro atoms. The predicted molar refractivity (Wildman–Crippen MR) is 35.9 cm³/mol. The summed E-state index contributed by atoms with van der Waals surface area (Å²) in [6, 6.07) is 0. The van der Waals surface area contributed by atoms with Gasteiger partial charge in [-0.25, -0.2) is 4.39 Å². The molecule has 10 heavy (non-hydrogen) atoms. The molecular weight excluding hydrogens is 131 g/mol. The third-order valence-electron chi connectivity index (χ3n) is 1.63. The molecule has 2 aliphatic rings. The molecular formula is C8H7FO. The Morgan fingerprint density at radius 2 is 2.30 bits per heavy atom. The second kappa shape index (κ2) is 1.97. The van der Waals surface area contributed by atoms with Gasteiger partial charge in [0.1, 0.15) is 11.6 Å². The van der Waals surface area contributed by atoms with Gasteiger partial charge < -0.3 is 4.74 Å². The molecule has 0 aromatic heterocycles. The number of fused-ring (bicyclic) bond motifs is 1. The van der Waals surface area contributed by atoms with E-state index in [2.05, 4.69) is 0 Å². The van der Waals surface area contributed by atoms with E-state index in [1.165, 1.54) is 6.08 Å². The summed E-state index contributed by atoms with van der Waals surface area (Å²) in [5, 5.41) is 0. The number of ether oxygens (including phenoxy) is 1. The van der Waals surface area contributed by atoms with E-state index in [1.807, 2.05) is 6.08 Å². The Balaban J connectivity index is 2.39. The van der Waals surface area contributed by atoms with Crippen LogP contribution in [0.15, 0.2) is 35.4 Å². The Labute approximate surface area is 58.5 Å². The van der Waals surface area contributed by atoms with Crippen LogP contribution in [-0.2, 0) is 4.74 Å². The number of allylic oxidation sites excluding steroid dienone is 3. The van der Waals surface area contributed by atoms with Crippen LogP contribution in [0, 0.1) is 0 Å². The number of halogens is 1. The quantitative estimate of drug-likeness (QED) is 0.498. The van der Waals surface area contributed by atoms with Gasteiger partial charge in [-0.1, -0.05) is 6.08 Å². The lowest BCUT2D eigenvalue weighted by Crippen LogP contribution is -2.01. The average Bonchev–Trinajstić information content (AvgIpc) is 2.34. The molecule has 2 heteroatoms. The van der Waals surface area contributed by atoms with Crippen LogP contribution < -0.4 is 0 Å². The molecule has 0 saturated heterocycles. The normalized spacial score (nSPS) is 22.3. The maximum atomic E-state index is 12.7. The summed E-state index contributed by atoms with van der Waals surface area (Å²) in [6.07, 6.45) is 5.79. The zero-order chi connectivity index (χ0) is 6.97. The van der Waals surface area contributed by atoms with Crippen molar-refractivity contribution in [1.82, 2.24) is 0 Å². The van der Waals surface area contributed by atoms with E-state index in [0.29, 0.717) is 17.9 Å². The molecule has 1 aliphatic heterocycles. The lowest BCUT2D eigenvalue weighted by Gasteiger charge is -2.12. The lowest BCUT2D eigenvalue weighted by atomic mass is 10.2. The Bertz CT molecular complexity index is 248. The van der Waals surface area contributed by atoms with Crippen molar-refractivity contribution in [3.05, 3.63) is 35.4 Å². The predicted octanol–water partition coefficient (Wildman–Crippen LogP) is 2.08. The van der Waals surface area contributed by atoms with Gasteiger partial charge in [0, 0.05) is 12.0 Å². The van der Waals surface area contributed by atoms with Gasteiger partial charge in [0.15, 0.2) is 0 Å². The molecule has 0 N–H and O–H groups in total. The van der Waals surface area contributed by atoms with Crippen LogP contribution in [0.4, 0.5) is 4.39 Å². The van der Waals surface area contributed by atoms with Crippen LogP contribution in [0.25, 0.3) is 0 Å². The van der Waals surface area contributed by atoms with Crippen LogP contribution >= 0.6 is 0 Å². The number of rotatable bonds is 0. The molecule has 0 fully saturated rings. The fourth-order valence-electron chi connectivity index (χ4n) is 1.14. The first kappa shape index (κ1) is 5.71. The summed E-state index contributed by atoms with van der Waals surface area (Å²) in [6.45, 7) is 0.677. The van der Waals surface area contributed by atoms with Crippen LogP contribution in [0.5, 0.6) is 0 Å². The van der Waals surface area contributed by atoms with Gasteiger partial charge in [-0.3, -0.25) is 0 Å². The van der Waals surface area contributed by atoms with E-state index in [4.69, 9.17) is 4.74 Å². The molecule has 0 aromatic carbocycles. The third kappa shape index (κ3) is 0.685. The monoisotopic (exact) mass is 138 g/mol. The molecule has 0 bridgehead atoms. The van der Waals surface area contributed by atoms with Gasteiger partial charge in [-0.2, -0.15) is 0 Å². The molecule has 0 radical (unpaired) electrons. The van der Waals surface area contributed by atoms with Gasteiger partial charge in [0.05, 0.1) is 6.61 Å². The largest absolute Gasteiger partial charge is 0.493 e. The van der Waals surface area contributed by atoms with Crippen molar-refractivity contribution >= 4 is 0 Å². The van der Waals surface area contributed by atoms with Crippen molar-refractivity contribution in [2.75, 3.05) is 6.61 Å². The maximum absolute atomic E-state index is 12.7. The molecule has 1 heterocycles. The molecule has 2 rings (SSSR count). The minimum absolute atomic E-state index is 0.172. The van der Waals surface area contributed by atoms with Crippen LogP contribution in [-0.4, -0.2) is 6.61 Å². The molecule has 1 nitrogen and oxygen atoms in total. The second-order valence-corrected chi connectivity index (χ2v) is 2.30. The summed E-state index contributed by atoms with van der Waals surface area (Å²) in [5.74, 6) is 0.512. The van der Waals surface area contributed by atoms with E-state index in [-0.39, 0.29) is 5.83 Å². The van der Waals surface area contributed by atoms with Crippen molar-refractivity contribution in [3.63, 3.8) is 0 Å². The Hall–Kier alpha value is -1.05. The topological polar surface area (TPSA) is 9.23 Å². The molecule has 0 atom stereocenters. The molecule has 1 aliphatic carbocycles. The first-order valence-corrected chi connectivity index (χ1v) is 3.29. The third-order valence-corrected chi connectivity index (χ3v) is 1.63. The van der Waals surface area contributed by atoms with Crippen molar-refractivity contribution in [3.8, 4) is 0 Å². The van der Waals surface area contributed by atoms with Gasteiger partial charge in [-0.05, 0) is 12.2 Å². The van der Waals surface area contributed by atoms with E-state index < -0.39 is 0 Å². The van der Waals surface area contributed by atoms with Crippen molar-refractivity contribution < 1.29 is 9.13 Å². The fourth-order valence-corrected chi connectivity index (χ4v) is 1.14. The fraction of sp³-hybridized carbons (Fsp3) is 0.250. The van der Waals surface area contributed by atoms with E-state index >= 15 is 0 Å². The molecule has 0 unspecified atom stereocenters. The van der Waals surface area contributed by atoms with Crippen molar-refractivity contribution in [2.45, 2.75) is 6.42 Å². The van der Waals surface area contributed by atoms with Gasteiger partial charge in [-0.15, -0.1) is 0 Å².